The molecule has 2 aromatic heterocycles. The van der Waals surface area contributed by atoms with Crippen molar-refractivity contribution in [2.75, 3.05) is 32.1 Å². The van der Waals surface area contributed by atoms with E-state index in [0.717, 1.165) is 27.1 Å². The number of para-hydroxylation sites is 1. The van der Waals surface area contributed by atoms with Crippen LogP contribution in [0.15, 0.2) is 30.6 Å². The maximum Gasteiger partial charge on any atom is 0.264 e. The van der Waals surface area contributed by atoms with Gasteiger partial charge in [-0.2, -0.15) is 0 Å². The summed E-state index contributed by atoms with van der Waals surface area (Å²) in [4.78, 5) is 36.3. The highest BCUT2D eigenvalue weighted by molar-refractivity contribution is 7.20. The third-order valence-corrected chi connectivity index (χ3v) is 6.07. The zero-order valence-corrected chi connectivity index (χ0v) is 17.0. The van der Waals surface area contributed by atoms with Gasteiger partial charge in [0.2, 0.25) is 5.91 Å². The maximum atomic E-state index is 13.0. The van der Waals surface area contributed by atoms with Crippen LogP contribution in [0.4, 0.5) is 5.82 Å². The smallest absolute Gasteiger partial charge is 0.264 e. The number of fused-ring (bicyclic) bond motifs is 1. The molecule has 8 nitrogen and oxygen atoms in total. The molecule has 0 radical (unpaired) electrons. The van der Waals surface area contributed by atoms with Crippen LogP contribution in [0, 0.1) is 6.92 Å². The van der Waals surface area contributed by atoms with Crippen molar-refractivity contribution in [2.24, 2.45) is 0 Å². The normalized spacial score (nSPS) is 14.0. The summed E-state index contributed by atoms with van der Waals surface area (Å²) < 4.78 is 5.40. The summed E-state index contributed by atoms with van der Waals surface area (Å²) in [6.45, 7) is 3.48. The van der Waals surface area contributed by atoms with Gasteiger partial charge in [0.05, 0.1) is 23.9 Å². The molecule has 0 bridgehead atoms. The molecule has 2 N–H and O–H groups in total. The van der Waals surface area contributed by atoms with Crippen LogP contribution < -0.4 is 15.4 Å². The Hall–Kier alpha value is -3.20. The van der Waals surface area contributed by atoms with Crippen molar-refractivity contribution in [3.8, 4) is 5.75 Å². The second-order valence-electron chi connectivity index (χ2n) is 6.70. The zero-order chi connectivity index (χ0) is 20.4. The van der Waals surface area contributed by atoms with Crippen LogP contribution in [0.2, 0.25) is 0 Å². The summed E-state index contributed by atoms with van der Waals surface area (Å²) in [5, 5.41) is 6.91. The number of methoxy groups -OCH3 is 1. The first-order valence-corrected chi connectivity index (χ1v) is 10.1. The van der Waals surface area contributed by atoms with E-state index in [9.17, 15) is 9.59 Å². The Bertz CT molecular complexity index is 1080. The molecule has 3 aromatic rings. The number of anilines is 1. The minimum absolute atomic E-state index is 0.0805. The molecule has 1 aliphatic rings. The van der Waals surface area contributed by atoms with Crippen LogP contribution in [0.1, 0.15) is 20.8 Å². The number of ether oxygens (including phenoxy) is 1. The fourth-order valence-corrected chi connectivity index (χ4v) is 4.51. The average Bonchev–Trinajstić information content (AvgIpc) is 3.09. The first-order chi connectivity index (χ1) is 14.1. The number of aryl methyl sites for hydroxylation is 1. The highest BCUT2D eigenvalue weighted by Gasteiger charge is 2.27. The van der Waals surface area contributed by atoms with Crippen LogP contribution >= 0.6 is 11.3 Å². The number of benzene rings is 1. The summed E-state index contributed by atoms with van der Waals surface area (Å²) >= 11 is 1.33. The predicted octanol–water partition coefficient (Wildman–Crippen LogP) is 2.19. The van der Waals surface area contributed by atoms with Crippen LogP contribution in [0.25, 0.3) is 10.2 Å². The van der Waals surface area contributed by atoms with E-state index >= 15 is 0 Å². The zero-order valence-electron chi connectivity index (χ0n) is 16.2. The summed E-state index contributed by atoms with van der Waals surface area (Å²) in [6, 6.07) is 7.78. The Morgan fingerprint density at radius 2 is 2.17 bits per heavy atom. The monoisotopic (exact) mass is 411 g/mol. The molecule has 150 valence electrons. The molecule has 1 saturated heterocycles. The average molecular weight is 411 g/mol. The van der Waals surface area contributed by atoms with Gasteiger partial charge in [-0.3, -0.25) is 9.59 Å². The lowest BCUT2D eigenvalue weighted by atomic mass is 10.1. The lowest BCUT2D eigenvalue weighted by Gasteiger charge is -2.26. The van der Waals surface area contributed by atoms with Gasteiger partial charge in [-0.25, -0.2) is 9.97 Å². The third kappa shape index (κ3) is 3.73. The second kappa shape index (κ2) is 8.04. The largest absolute Gasteiger partial charge is 0.496 e. The SMILES string of the molecule is COc1ccccc1CNc1ncnc2sc(C(=O)N3CCNC(=O)C3)c(C)c12. The molecule has 0 atom stereocenters. The minimum Gasteiger partial charge on any atom is -0.496 e. The summed E-state index contributed by atoms with van der Waals surface area (Å²) in [6.07, 6.45) is 1.49. The topological polar surface area (TPSA) is 96.4 Å². The molecule has 29 heavy (non-hydrogen) atoms. The molecule has 9 heteroatoms. The number of carbonyl (C=O) groups excluding carboxylic acids is 2. The van der Waals surface area contributed by atoms with E-state index in [1.165, 1.54) is 17.7 Å². The lowest BCUT2D eigenvalue weighted by molar-refractivity contribution is -0.123. The van der Waals surface area contributed by atoms with Gasteiger partial charge in [0.1, 0.15) is 22.7 Å². The van der Waals surface area contributed by atoms with Crippen LogP contribution in [0.3, 0.4) is 0 Å². The number of hydrogen-bond donors (Lipinski definition) is 2. The van der Waals surface area contributed by atoms with Gasteiger partial charge < -0.3 is 20.3 Å². The molecule has 1 fully saturated rings. The van der Waals surface area contributed by atoms with Crippen LogP contribution in [-0.4, -0.2) is 53.4 Å². The highest BCUT2D eigenvalue weighted by Crippen LogP contribution is 2.34. The van der Waals surface area contributed by atoms with Gasteiger partial charge in [0.25, 0.3) is 5.91 Å². The van der Waals surface area contributed by atoms with Crippen molar-refractivity contribution in [1.29, 1.82) is 0 Å². The fraction of sp³-hybridized carbons (Fsp3) is 0.300. The number of nitrogens with one attached hydrogen (secondary N) is 2. The number of aromatic nitrogens is 2. The van der Waals surface area contributed by atoms with Crippen molar-refractivity contribution in [3.63, 3.8) is 0 Å². The quantitative estimate of drug-likeness (QED) is 0.668. The third-order valence-electron chi connectivity index (χ3n) is 4.89. The number of piperazine rings is 1. The van der Waals surface area contributed by atoms with Gasteiger partial charge >= 0.3 is 0 Å². The van der Waals surface area contributed by atoms with E-state index in [0.29, 0.717) is 30.3 Å². The van der Waals surface area contributed by atoms with E-state index in [4.69, 9.17) is 4.74 Å². The molecular weight excluding hydrogens is 390 g/mol. The van der Waals surface area contributed by atoms with E-state index in [1.807, 2.05) is 31.2 Å². The molecule has 0 aliphatic carbocycles. The number of thiophene rings is 1. The maximum absolute atomic E-state index is 13.0. The van der Waals surface area contributed by atoms with E-state index < -0.39 is 0 Å². The highest BCUT2D eigenvalue weighted by atomic mass is 32.1. The molecule has 4 rings (SSSR count). The van der Waals surface area contributed by atoms with Crippen molar-refractivity contribution in [2.45, 2.75) is 13.5 Å². The van der Waals surface area contributed by atoms with Crippen molar-refractivity contribution >= 4 is 39.2 Å². The molecule has 1 aliphatic heterocycles. The van der Waals surface area contributed by atoms with Gasteiger partial charge in [0, 0.05) is 25.2 Å². The van der Waals surface area contributed by atoms with Gasteiger partial charge in [-0.05, 0) is 18.6 Å². The lowest BCUT2D eigenvalue weighted by Crippen LogP contribution is -2.49. The first kappa shape index (κ1) is 19.1. The molecular formula is C20H21N5O3S. The standard InChI is InChI=1S/C20H21N5O3S/c1-12-16-18(22-9-13-5-3-4-6-14(13)28-2)23-11-24-19(16)29-17(12)20(27)25-8-7-21-15(26)10-25/h3-6,11H,7-10H2,1-2H3,(H,21,26)(H,22,23,24). The Labute approximate surface area is 171 Å². The Kier molecular flexibility index (Phi) is 5.30. The summed E-state index contributed by atoms with van der Waals surface area (Å²) in [7, 11) is 1.64. The number of amides is 2. The Balaban J connectivity index is 1.63. The van der Waals surface area contributed by atoms with Crippen LogP contribution in [-0.2, 0) is 11.3 Å². The van der Waals surface area contributed by atoms with Crippen molar-refractivity contribution in [3.05, 3.63) is 46.6 Å². The van der Waals surface area contributed by atoms with Crippen LogP contribution in [0.5, 0.6) is 5.75 Å². The number of hydrogen-bond acceptors (Lipinski definition) is 7. The molecule has 1 aromatic carbocycles. The molecule has 3 heterocycles. The summed E-state index contributed by atoms with van der Waals surface area (Å²) in [5.74, 6) is 1.19. The van der Waals surface area contributed by atoms with Gasteiger partial charge in [-0.15, -0.1) is 11.3 Å². The predicted molar refractivity (Wildman–Crippen MR) is 111 cm³/mol. The Morgan fingerprint density at radius 3 is 2.97 bits per heavy atom. The van der Waals surface area contributed by atoms with Gasteiger partial charge in [-0.1, -0.05) is 18.2 Å². The minimum atomic E-state index is -0.143. The fourth-order valence-electron chi connectivity index (χ4n) is 3.39. The van der Waals surface area contributed by atoms with Crippen molar-refractivity contribution in [1.82, 2.24) is 20.2 Å². The van der Waals surface area contributed by atoms with E-state index in [1.54, 1.807) is 12.0 Å². The number of rotatable bonds is 5. The van der Waals surface area contributed by atoms with E-state index in [-0.39, 0.29) is 18.4 Å². The molecule has 0 unspecified atom stereocenters. The first-order valence-electron chi connectivity index (χ1n) is 9.24. The van der Waals surface area contributed by atoms with E-state index in [2.05, 4.69) is 20.6 Å². The Morgan fingerprint density at radius 1 is 1.34 bits per heavy atom. The summed E-state index contributed by atoms with van der Waals surface area (Å²) in [5.41, 5.74) is 1.83. The molecule has 2 amide bonds. The number of nitrogens with zero attached hydrogens (tertiary/aromatic N) is 3. The van der Waals surface area contributed by atoms with Crippen molar-refractivity contribution < 1.29 is 14.3 Å². The second-order valence-corrected chi connectivity index (χ2v) is 7.70. The number of carbonyl (C=O) groups is 2. The molecule has 0 spiro atoms. The van der Waals surface area contributed by atoms with Gasteiger partial charge in [0.15, 0.2) is 0 Å². The molecule has 0 saturated carbocycles.